The maximum atomic E-state index is 10.9. The van der Waals surface area contributed by atoms with Gasteiger partial charge in [0.1, 0.15) is 0 Å². The van der Waals surface area contributed by atoms with Gasteiger partial charge in [-0.25, -0.2) is 0 Å². The van der Waals surface area contributed by atoms with E-state index in [0.29, 0.717) is 5.02 Å². The molecule has 1 aromatic rings. The van der Waals surface area contributed by atoms with Crippen LogP contribution in [0.2, 0.25) is 5.02 Å². The highest BCUT2D eigenvalue weighted by Gasteiger charge is 2.14. The minimum Gasteiger partial charge on any atom is -0.281 e. The zero-order valence-electron chi connectivity index (χ0n) is 7.47. The van der Waals surface area contributed by atoms with Crippen molar-refractivity contribution in [3.8, 4) is 0 Å². The first-order chi connectivity index (χ1) is 6.02. The molecular weight excluding hydrogens is 207 g/mol. The molecule has 0 aliphatic heterocycles. The van der Waals surface area contributed by atoms with Crippen molar-refractivity contribution in [1.82, 2.24) is 0 Å². The number of rotatable bonds is 2. The molecule has 3 heteroatoms. The Kier molecular flexibility index (Phi) is 3.34. The zero-order chi connectivity index (χ0) is 10.0. The molecule has 0 saturated heterocycles. The van der Waals surface area contributed by atoms with Crippen LogP contribution < -0.4 is 0 Å². The van der Waals surface area contributed by atoms with Crippen LogP contribution >= 0.6 is 23.2 Å². The van der Waals surface area contributed by atoms with E-state index in [4.69, 9.17) is 23.2 Å². The molecule has 1 aromatic carbocycles. The van der Waals surface area contributed by atoms with Gasteiger partial charge in [0.05, 0.1) is 5.92 Å². The van der Waals surface area contributed by atoms with E-state index >= 15 is 0 Å². The first kappa shape index (κ1) is 10.6. The monoisotopic (exact) mass is 216 g/mol. The Morgan fingerprint density at radius 1 is 1.46 bits per heavy atom. The molecule has 0 amide bonds. The first-order valence-electron chi connectivity index (χ1n) is 3.97. The van der Waals surface area contributed by atoms with E-state index in [0.717, 1.165) is 11.1 Å². The number of carbonyl (C=O) groups is 1. The van der Waals surface area contributed by atoms with Crippen LogP contribution in [-0.4, -0.2) is 5.24 Å². The van der Waals surface area contributed by atoms with Crippen LogP contribution in [0, 0.1) is 6.92 Å². The molecule has 0 heterocycles. The van der Waals surface area contributed by atoms with Gasteiger partial charge in [-0.05, 0) is 41.8 Å². The molecule has 0 fully saturated rings. The van der Waals surface area contributed by atoms with Crippen molar-refractivity contribution in [3.05, 3.63) is 34.3 Å². The largest absolute Gasteiger partial charge is 0.281 e. The van der Waals surface area contributed by atoms with Crippen molar-refractivity contribution in [1.29, 1.82) is 0 Å². The predicted molar refractivity (Wildman–Crippen MR) is 55.5 cm³/mol. The second-order valence-corrected chi connectivity index (χ2v) is 3.84. The summed E-state index contributed by atoms with van der Waals surface area (Å²) in [6.07, 6.45) is 0. The molecule has 0 aliphatic rings. The zero-order valence-corrected chi connectivity index (χ0v) is 8.99. The van der Waals surface area contributed by atoms with Gasteiger partial charge in [-0.15, -0.1) is 0 Å². The van der Waals surface area contributed by atoms with Crippen LogP contribution in [0.25, 0.3) is 0 Å². The third-order valence-electron chi connectivity index (χ3n) is 2.04. The molecule has 1 atom stereocenters. The second-order valence-electron chi connectivity index (χ2n) is 3.03. The number of aryl methyl sites for hydroxylation is 1. The smallest absolute Gasteiger partial charge is 0.228 e. The van der Waals surface area contributed by atoms with Gasteiger partial charge in [-0.1, -0.05) is 24.6 Å². The van der Waals surface area contributed by atoms with Gasteiger partial charge in [0.15, 0.2) is 0 Å². The minimum absolute atomic E-state index is 0.265. The minimum atomic E-state index is -0.342. The summed E-state index contributed by atoms with van der Waals surface area (Å²) in [5.74, 6) is -0.265. The molecular formula is C10H10Cl2O. The van der Waals surface area contributed by atoms with Crippen molar-refractivity contribution in [3.63, 3.8) is 0 Å². The summed E-state index contributed by atoms with van der Waals surface area (Å²) in [6, 6.07) is 5.43. The standard InChI is InChI=1S/C10H10Cl2O/c1-6-5-8(11)3-4-9(6)7(2)10(12)13/h3-5,7H,1-2H3. The van der Waals surface area contributed by atoms with Gasteiger partial charge < -0.3 is 0 Å². The maximum Gasteiger partial charge on any atom is 0.228 e. The molecule has 70 valence electrons. The van der Waals surface area contributed by atoms with Gasteiger partial charge in [0, 0.05) is 5.02 Å². The van der Waals surface area contributed by atoms with E-state index in [9.17, 15) is 4.79 Å². The molecule has 0 aromatic heterocycles. The summed E-state index contributed by atoms with van der Waals surface area (Å²) in [4.78, 5) is 10.9. The second kappa shape index (κ2) is 4.12. The highest BCUT2D eigenvalue weighted by molar-refractivity contribution is 6.64. The van der Waals surface area contributed by atoms with Gasteiger partial charge in [-0.3, -0.25) is 4.79 Å². The van der Waals surface area contributed by atoms with E-state index in [1.165, 1.54) is 0 Å². The summed E-state index contributed by atoms with van der Waals surface area (Å²) in [5, 5.41) is 0.334. The predicted octanol–water partition coefficient (Wildman–Crippen LogP) is 3.52. The highest BCUT2D eigenvalue weighted by atomic mass is 35.5. The van der Waals surface area contributed by atoms with Crippen molar-refractivity contribution in [2.75, 3.05) is 0 Å². The van der Waals surface area contributed by atoms with Gasteiger partial charge >= 0.3 is 0 Å². The maximum absolute atomic E-state index is 10.9. The van der Waals surface area contributed by atoms with Crippen LogP contribution in [0.3, 0.4) is 0 Å². The van der Waals surface area contributed by atoms with Gasteiger partial charge in [0.25, 0.3) is 0 Å². The first-order valence-corrected chi connectivity index (χ1v) is 4.73. The van der Waals surface area contributed by atoms with E-state index in [-0.39, 0.29) is 11.2 Å². The number of halogens is 2. The van der Waals surface area contributed by atoms with E-state index in [1.807, 2.05) is 19.1 Å². The Bertz CT molecular complexity index is 334. The summed E-state index contributed by atoms with van der Waals surface area (Å²) < 4.78 is 0. The van der Waals surface area contributed by atoms with Crippen molar-refractivity contribution in [2.45, 2.75) is 19.8 Å². The number of hydrogen-bond acceptors (Lipinski definition) is 1. The quantitative estimate of drug-likeness (QED) is 0.692. The fourth-order valence-electron chi connectivity index (χ4n) is 1.25. The lowest BCUT2D eigenvalue weighted by atomic mass is 9.98. The van der Waals surface area contributed by atoms with E-state index in [2.05, 4.69) is 0 Å². The highest BCUT2D eigenvalue weighted by Crippen LogP contribution is 2.24. The normalized spacial score (nSPS) is 12.6. The van der Waals surface area contributed by atoms with Gasteiger partial charge in [0.2, 0.25) is 5.24 Å². The van der Waals surface area contributed by atoms with Crippen molar-refractivity contribution < 1.29 is 4.79 Å². The topological polar surface area (TPSA) is 17.1 Å². The summed E-state index contributed by atoms with van der Waals surface area (Å²) in [6.45, 7) is 3.70. The fraction of sp³-hybridized carbons (Fsp3) is 0.300. The average molecular weight is 217 g/mol. The van der Waals surface area contributed by atoms with Crippen molar-refractivity contribution >= 4 is 28.4 Å². The lowest BCUT2D eigenvalue weighted by Crippen LogP contribution is -2.03. The van der Waals surface area contributed by atoms with Crippen LogP contribution in [0.15, 0.2) is 18.2 Å². The molecule has 0 aliphatic carbocycles. The fourth-order valence-corrected chi connectivity index (χ4v) is 1.59. The molecule has 0 N–H and O–H groups in total. The lowest BCUT2D eigenvalue weighted by Gasteiger charge is -2.10. The average Bonchev–Trinajstić information content (AvgIpc) is 2.03. The summed E-state index contributed by atoms with van der Waals surface area (Å²) in [7, 11) is 0. The lowest BCUT2D eigenvalue weighted by molar-refractivity contribution is -0.112. The third-order valence-corrected chi connectivity index (χ3v) is 2.60. The SMILES string of the molecule is Cc1cc(Cl)ccc1C(C)C(=O)Cl. The van der Waals surface area contributed by atoms with Crippen LogP contribution in [-0.2, 0) is 4.79 Å². The summed E-state index contributed by atoms with van der Waals surface area (Å²) >= 11 is 11.2. The molecule has 0 radical (unpaired) electrons. The molecule has 0 bridgehead atoms. The van der Waals surface area contributed by atoms with Crippen LogP contribution in [0.4, 0.5) is 0 Å². The molecule has 1 unspecified atom stereocenters. The molecule has 0 spiro atoms. The molecule has 0 saturated carbocycles. The van der Waals surface area contributed by atoms with E-state index < -0.39 is 0 Å². The molecule has 13 heavy (non-hydrogen) atoms. The molecule has 1 rings (SSSR count). The van der Waals surface area contributed by atoms with Gasteiger partial charge in [-0.2, -0.15) is 0 Å². The Morgan fingerprint density at radius 3 is 2.54 bits per heavy atom. The Balaban J connectivity index is 3.08. The summed E-state index contributed by atoms with van der Waals surface area (Å²) in [5.41, 5.74) is 1.93. The third kappa shape index (κ3) is 2.45. The van der Waals surface area contributed by atoms with Crippen LogP contribution in [0.5, 0.6) is 0 Å². The Labute approximate surface area is 87.7 Å². The Hall–Kier alpha value is -0.530. The van der Waals surface area contributed by atoms with E-state index in [1.54, 1.807) is 13.0 Å². The number of benzene rings is 1. The Morgan fingerprint density at radius 2 is 2.08 bits per heavy atom. The van der Waals surface area contributed by atoms with Crippen LogP contribution in [0.1, 0.15) is 24.0 Å². The van der Waals surface area contributed by atoms with Crippen molar-refractivity contribution in [2.24, 2.45) is 0 Å². The number of carbonyl (C=O) groups excluding carboxylic acids is 1. The molecule has 1 nitrogen and oxygen atoms in total. The number of hydrogen-bond donors (Lipinski definition) is 0.